The van der Waals surface area contributed by atoms with E-state index >= 15 is 0 Å². The summed E-state index contributed by atoms with van der Waals surface area (Å²) in [5.41, 5.74) is 6.33. The molecule has 4 heteroatoms. The third-order valence-electron chi connectivity index (χ3n) is 2.99. The highest BCUT2D eigenvalue weighted by Crippen LogP contribution is 2.18. The summed E-state index contributed by atoms with van der Waals surface area (Å²) in [5.74, 6) is 0.823. The van der Waals surface area contributed by atoms with E-state index in [2.05, 4.69) is 4.90 Å². The van der Waals surface area contributed by atoms with Crippen molar-refractivity contribution in [3.05, 3.63) is 24.3 Å². The summed E-state index contributed by atoms with van der Waals surface area (Å²) in [6.45, 7) is 1.34. The van der Waals surface area contributed by atoms with Crippen molar-refractivity contribution in [2.24, 2.45) is 0 Å². The van der Waals surface area contributed by atoms with Gasteiger partial charge in [0.25, 0.3) is 0 Å². The number of nitrogen functional groups attached to an aromatic ring is 1. The Morgan fingerprint density at radius 3 is 2.69 bits per heavy atom. The quantitative estimate of drug-likeness (QED) is 0.740. The second kappa shape index (κ2) is 4.72. The molecule has 0 aliphatic carbocycles. The molecule has 4 nitrogen and oxygen atoms in total. The molecule has 2 unspecified atom stereocenters. The standard InChI is InChI=1S/C12H18N2O2/c1-14-7-11(15)6-10(14)8-16-12-4-2-9(13)3-5-12/h2-5,10-11,15H,6-8,13H2,1H3. The van der Waals surface area contributed by atoms with Gasteiger partial charge in [-0.15, -0.1) is 0 Å². The fourth-order valence-corrected chi connectivity index (χ4v) is 2.00. The van der Waals surface area contributed by atoms with Gasteiger partial charge >= 0.3 is 0 Å². The van der Waals surface area contributed by atoms with E-state index in [9.17, 15) is 5.11 Å². The summed E-state index contributed by atoms with van der Waals surface area (Å²) < 4.78 is 5.66. The minimum absolute atomic E-state index is 0.218. The van der Waals surface area contributed by atoms with E-state index in [-0.39, 0.29) is 6.10 Å². The predicted octanol–water partition coefficient (Wildman–Crippen LogP) is 0.713. The van der Waals surface area contributed by atoms with Gasteiger partial charge < -0.3 is 15.6 Å². The van der Waals surface area contributed by atoms with Crippen LogP contribution in [0.25, 0.3) is 0 Å². The van der Waals surface area contributed by atoms with E-state index in [0.717, 1.165) is 24.4 Å². The Balaban J connectivity index is 1.85. The van der Waals surface area contributed by atoms with Crippen molar-refractivity contribution in [1.29, 1.82) is 0 Å². The fraction of sp³-hybridized carbons (Fsp3) is 0.500. The summed E-state index contributed by atoms with van der Waals surface area (Å²) in [4.78, 5) is 2.13. The first-order chi connectivity index (χ1) is 7.65. The number of β-amino-alcohol motifs (C(OH)–C–C–N with tert-alkyl or cyclic N) is 1. The lowest BCUT2D eigenvalue weighted by Crippen LogP contribution is -2.30. The lowest BCUT2D eigenvalue weighted by molar-refractivity contribution is 0.182. The number of hydrogen-bond acceptors (Lipinski definition) is 4. The van der Waals surface area contributed by atoms with Gasteiger partial charge in [0.05, 0.1) is 6.10 Å². The van der Waals surface area contributed by atoms with Crippen LogP contribution in [0.1, 0.15) is 6.42 Å². The third-order valence-corrected chi connectivity index (χ3v) is 2.99. The number of ether oxygens (including phenoxy) is 1. The van der Waals surface area contributed by atoms with Crippen LogP contribution in [0.3, 0.4) is 0 Å². The summed E-state index contributed by atoms with van der Waals surface area (Å²) in [7, 11) is 2.01. The maximum Gasteiger partial charge on any atom is 0.119 e. The van der Waals surface area contributed by atoms with E-state index in [1.165, 1.54) is 0 Å². The second-order valence-corrected chi connectivity index (χ2v) is 4.36. The normalized spacial score (nSPS) is 25.9. The van der Waals surface area contributed by atoms with Crippen molar-refractivity contribution in [2.45, 2.75) is 18.6 Å². The van der Waals surface area contributed by atoms with Crippen LogP contribution in [0.4, 0.5) is 5.69 Å². The average molecular weight is 222 g/mol. The Morgan fingerprint density at radius 2 is 2.12 bits per heavy atom. The molecular weight excluding hydrogens is 204 g/mol. The number of hydrogen-bond donors (Lipinski definition) is 2. The molecule has 1 aromatic carbocycles. The minimum atomic E-state index is -0.218. The Hall–Kier alpha value is -1.26. The van der Waals surface area contributed by atoms with Gasteiger partial charge in [-0.25, -0.2) is 0 Å². The van der Waals surface area contributed by atoms with Crippen LogP contribution in [0, 0.1) is 0 Å². The van der Waals surface area contributed by atoms with Gasteiger partial charge in [0.1, 0.15) is 12.4 Å². The van der Waals surface area contributed by atoms with Gasteiger partial charge in [-0.2, -0.15) is 0 Å². The molecule has 3 N–H and O–H groups in total. The zero-order chi connectivity index (χ0) is 11.5. The minimum Gasteiger partial charge on any atom is -0.492 e. The van der Waals surface area contributed by atoms with Gasteiger partial charge in [-0.1, -0.05) is 0 Å². The lowest BCUT2D eigenvalue weighted by Gasteiger charge is -2.19. The van der Waals surface area contributed by atoms with E-state index in [1.54, 1.807) is 0 Å². The molecule has 88 valence electrons. The monoisotopic (exact) mass is 222 g/mol. The molecule has 16 heavy (non-hydrogen) atoms. The molecule has 1 fully saturated rings. The summed E-state index contributed by atoms with van der Waals surface area (Å²) in [6, 6.07) is 7.67. The Bertz CT molecular complexity index is 339. The SMILES string of the molecule is CN1CC(O)CC1COc1ccc(N)cc1. The molecule has 2 rings (SSSR count). The van der Waals surface area contributed by atoms with E-state index in [4.69, 9.17) is 10.5 Å². The van der Waals surface area contributed by atoms with Gasteiger partial charge in [0.2, 0.25) is 0 Å². The van der Waals surface area contributed by atoms with Crippen molar-refractivity contribution in [3.63, 3.8) is 0 Å². The van der Waals surface area contributed by atoms with Crippen molar-refractivity contribution in [1.82, 2.24) is 4.90 Å². The first-order valence-electron chi connectivity index (χ1n) is 5.52. The van der Waals surface area contributed by atoms with Crippen LogP contribution < -0.4 is 10.5 Å². The molecule has 0 saturated carbocycles. The summed E-state index contributed by atoms with van der Waals surface area (Å²) in [5, 5.41) is 9.49. The highest BCUT2D eigenvalue weighted by molar-refractivity contribution is 5.41. The van der Waals surface area contributed by atoms with E-state index in [0.29, 0.717) is 12.6 Å². The molecule has 1 heterocycles. The van der Waals surface area contributed by atoms with Crippen LogP contribution >= 0.6 is 0 Å². The molecule has 0 bridgehead atoms. The smallest absolute Gasteiger partial charge is 0.119 e. The number of likely N-dealkylation sites (tertiary alicyclic amines) is 1. The number of nitrogens with two attached hydrogens (primary N) is 1. The lowest BCUT2D eigenvalue weighted by atomic mass is 10.2. The molecule has 2 atom stereocenters. The molecule has 1 aliphatic heterocycles. The number of aliphatic hydroxyl groups is 1. The molecule has 0 spiro atoms. The molecule has 0 radical (unpaired) electrons. The topological polar surface area (TPSA) is 58.7 Å². The van der Waals surface area contributed by atoms with Gasteiger partial charge in [-0.05, 0) is 37.7 Å². The average Bonchev–Trinajstić information content (AvgIpc) is 2.57. The highest BCUT2D eigenvalue weighted by atomic mass is 16.5. The fourth-order valence-electron chi connectivity index (χ4n) is 2.00. The maximum atomic E-state index is 9.49. The number of anilines is 1. The highest BCUT2D eigenvalue weighted by Gasteiger charge is 2.28. The Kier molecular flexibility index (Phi) is 3.31. The molecule has 1 saturated heterocycles. The van der Waals surface area contributed by atoms with Crippen LogP contribution in [0.2, 0.25) is 0 Å². The molecular formula is C12H18N2O2. The molecule has 1 aliphatic rings. The van der Waals surface area contributed by atoms with Crippen molar-refractivity contribution in [2.75, 3.05) is 25.9 Å². The van der Waals surface area contributed by atoms with Crippen molar-refractivity contribution in [3.8, 4) is 5.75 Å². The molecule has 0 aromatic heterocycles. The first-order valence-corrected chi connectivity index (χ1v) is 5.52. The van der Waals surface area contributed by atoms with Gasteiger partial charge in [0, 0.05) is 18.3 Å². The van der Waals surface area contributed by atoms with Crippen molar-refractivity contribution < 1.29 is 9.84 Å². The van der Waals surface area contributed by atoms with Crippen LogP contribution in [0.15, 0.2) is 24.3 Å². The zero-order valence-corrected chi connectivity index (χ0v) is 9.47. The second-order valence-electron chi connectivity index (χ2n) is 4.36. The maximum absolute atomic E-state index is 9.49. The largest absolute Gasteiger partial charge is 0.492 e. The van der Waals surface area contributed by atoms with Crippen LogP contribution in [-0.2, 0) is 0 Å². The van der Waals surface area contributed by atoms with E-state index in [1.807, 2.05) is 31.3 Å². The third kappa shape index (κ3) is 2.65. The summed E-state index contributed by atoms with van der Waals surface area (Å²) >= 11 is 0. The van der Waals surface area contributed by atoms with Crippen molar-refractivity contribution >= 4 is 5.69 Å². The van der Waals surface area contributed by atoms with Crippen LogP contribution in [0.5, 0.6) is 5.75 Å². The number of benzene rings is 1. The number of nitrogens with zero attached hydrogens (tertiary/aromatic N) is 1. The Labute approximate surface area is 95.6 Å². The molecule has 1 aromatic rings. The summed E-state index contributed by atoms with van der Waals surface area (Å²) in [6.07, 6.45) is 0.566. The van der Waals surface area contributed by atoms with Gasteiger partial charge in [-0.3, -0.25) is 4.90 Å². The predicted molar refractivity (Wildman–Crippen MR) is 63.4 cm³/mol. The zero-order valence-electron chi connectivity index (χ0n) is 9.47. The molecule has 0 amide bonds. The number of rotatable bonds is 3. The van der Waals surface area contributed by atoms with Gasteiger partial charge in [0.15, 0.2) is 0 Å². The van der Waals surface area contributed by atoms with Crippen LogP contribution in [-0.4, -0.2) is 42.4 Å². The Morgan fingerprint density at radius 1 is 1.44 bits per heavy atom. The number of likely N-dealkylation sites (N-methyl/N-ethyl adjacent to an activating group) is 1. The first kappa shape index (κ1) is 11.2. The van der Waals surface area contributed by atoms with E-state index < -0.39 is 0 Å². The number of aliphatic hydroxyl groups excluding tert-OH is 1.